The van der Waals surface area contributed by atoms with Gasteiger partial charge in [-0.1, -0.05) is 18.2 Å². The first kappa shape index (κ1) is 21.3. The summed E-state index contributed by atoms with van der Waals surface area (Å²) in [7, 11) is 2.03. The highest BCUT2D eigenvalue weighted by Gasteiger charge is 2.11. The molecule has 4 nitrogen and oxygen atoms in total. The van der Waals surface area contributed by atoms with Crippen molar-refractivity contribution in [2.45, 2.75) is 32.4 Å². The van der Waals surface area contributed by atoms with Gasteiger partial charge in [-0.15, -0.1) is 24.8 Å². The van der Waals surface area contributed by atoms with Gasteiger partial charge < -0.3 is 16.0 Å². The van der Waals surface area contributed by atoms with E-state index in [0.29, 0.717) is 13.0 Å². The van der Waals surface area contributed by atoms with Gasteiger partial charge in [0, 0.05) is 37.8 Å². The Bertz CT molecular complexity index is 374. The predicted molar refractivity (Wildman–Crippen MR) is 90.1 cm³/mol. The molecule has 0 saturated heterocycles. The van der Waals surface area contributed by atoms with Crippen LogP contribution < -0.4 is 16.0 Å². The van der Waals surface area contributed by atoms with Gasteiger partial charge in [0.25, 0.3) is 0 Å². The van der Waals surface area contributed by atoms with Gasteiger partial charge in [-0.05, 0) is 26.0 Å². The van der Waals surface area contributed by atoms with Gasteiger partial charge in [0.05, 0.1) is 0 Å². The highest BCUT2D eigenvalue weighted by atomic mass is 35.5. The van der Waals surface area contributed by atoms with Gasteiger partial charge in [0.1, 0.15) is 0 Å². The second kappa shape index (κ2) is 10.8. The zero-order valence-electron chi connectivity index (χ0n) is 12.2. The van der Waals surface area contributed by atoms with Gasteiger partial charge >= 0.3 is 0 Å². The van der Waals surface area contributed by atoms with Crippen LogP contribution in [0.1, 0.15) is 20.3 Å². The average Bonchev–Trinajstić information content (AvgIpc) is 2.35. The minimum atomic E-state index is -0.0906. The molecule has 0 aliphatic heterocycles. The van der Waals surface area contributed by atoms with E-state index in [1.165, 1.54) is 0 Å². The van der Waals surface area contributed by atoms with E-state index >= 15 is 0 Å². The van der Waals surface area contributed by atoms with Crippen molar-refractivity contribution in [2.24, 2.45) is 5.73 Å². The van der Waals surface area contributed by atoms with E-state index in [4.69, 9.17) is 5.73 Å². The molecule has 3 N–H and O–H groups in total. The van der Waals surface area contributed by atoms with Crippen molar-refractivity contribution in [3.8, 4) is 0 Å². The van der Waals surface area contributed by atoms with Crippen molar-refractivity contribution in [3.05, 3.63) is 30.3 Å². The van der Waals surface area contributed by atoms with Crippen LogP contribution in [-0.2, 0) is 4.79 Å². The average molecular weight is 322 g/mol. The first-order valence-corrected chi connectivity index (χ1v) is 6.31. The van der Waals surface area contributed by atoms with Gasteiger partial charge in [0.2, 0.25) is 5.91 Å². The maximum atomic E-state index is 11.5. The smallest absolute Gasteiger partial charge is 0.221 e. The molecule has 6 heteroatoms. The monoisotopic (exact) mass is 321 g/mol. The predicted octanol–water partition coefficient (Wildman–Crippen LogP) is 2.21. The number of halogens is 2. The number of hydrogen-bond acceptors (Lipinski definition) is 3. The molecule has 20 heavy (non-hydrogen) atoms. The number of benzene rings is 1. The molecule has 0 spiro atoms. The molecular weight excluding hydrogens is 297 g/mol. The Morgan fingerprint density at radius 1 is 1.25 bits per heavy atom. The van der Waals surface area contributed by atoms with Crippen LogP contribution in [0.3, 0.4) is 0 Å². The molecule has 0 radical (unpaired) electrons. The molecule has 0 aliphatic rings. The normalized spacial score (nSPS) is 12.4. The molecule has 2 unspecified atom stereocenters. The fraction of sp³-hybridized carbons (Fsp3) is 0.500. The van der Waals surface area contributed by atoms with E-state index in [0.717, 1.165) is 5.69 Å². The third-order valence-electron chi connectivity index (χ3n) is 2.93. The van der Waals surface area contributed by atoms with Crippen molar-refractivity contribution in [2.75, 3.05) is 18.5 Å². The van der Waals surface area contributed by atoms with Crippen LogP contribution in [0.2, 0.25) is 0 Å². The third-order valence-corrected chi connectivity index (χ3v) is 2.93. The lowest BCUT2D eigenvalue weighted by molar-refractivity contribution is -0.121. The topological polar surface area (TPSA) is 58.4 Å². The van der Waals surface area contributed by atoms with E-state index < -0.39 is 0 Å². The molecule has 0 fully saturated rings. The maximum absolute atomic E-state index is 11.5. The maximum Gasteiger partial charge on any atom is 0.221 e. The number of rotatable bonds is 6. The largest absolute Gasteiger partial charge is 0.370 e. The number of amides is 1. The van der Waals surface area contributed by atoms with Crippen molar-refractivity contribution < 1.29 is 4.79 Å². The van der Waals surface area contributed by atoms with Crippen LogP contribution in [-0.4, -0.2) is 31.6 Å². The Kier molecular flexibility index (Phi) is 11.5. The Hall–Kier alpha value is -0.970. The second-order valence-corrected chi connectivity index (χ2v) is 4.78. The van der Waals surface area contributed by atoms with Crippen LogP contribution in [0.5, 0.6) is 0 Å². The number of hydrogen-bond donors (Lipinski definition) is 2. The zero-order valence-corrected chi connectivity index (χ0v) is 13.8. The number of carbonyl (C=O) groups excluding carboxylic acids is 1. The number of likely N-dealkylation sites (N-methyl/N-ethyl adjacent to an activating group) is 1. The summed E-state index contributed by atoms with van der Waals surface area (Å²) >= 11 is 0. The lowest BCUT2D eigenvalue weighted by Crippen LogP contribution is -2.41. The molecule has 1 rings (SSSR count). The van der Waals surface area contributed by atoms with Gasteiger partial charge in [-0.25, -0.2) is 0 Å². The number of para-hydroxylation sites is 1. The lowest BCUT2D eigenvalue weighted by Gasteiger charge is -2.27. The summed E-state index contributed by atoms with van der Waals surface area (Å²) < 4.78 is 0. The molecule has 0 heterocycles. The standard InChI is InChI=1S/C14H23N3O.2ClH/c1-11(15)9-14(18)16-10-12(2)17(3)13-7-5-4-6-8-13;;/h4-8,11-12H,9-10,15H2,1-3H3,(H,16,18);2*1H. The molecule has 0 bridgehead atoms. The SMILES string of the molecule is CC(N)CC(=O)NCC(C)N(C)c1ccccc1.Cl.Cl. The summed E-state index contributed by atoms with van der Waals surface area (Å²) in [4.78, 5) is 13.7. The summed E-state index contributed by atoms with van der Waals surface area (Å²) in [5.41, 5.74) is 6.72. The Balaban J connectivity index is 0. The number of nitrogens with two attached hydrogens (primary N) is 1. The minimum Gasteiger partial charge on any atom is -0.370 e. The molecule has 0 aliphatic carbocycles. The van der Waals surface area contributed by atoms with Crippen molar-refractivity contribution in [1.82, 2.24) is 5.32 Å². The highest BCUT2D eigenvalue weighted by Crippen LogP contribution is 2.13. The van der Waals surface area contributed by atoms with Crippen molar-refractivity contribution >= 4 is 36.4 Å². The van der Waals surface area contributed by atoms with Gasteiger partial charge in [0.15, 0.2) is 0 Å². The Morgan fingerprint density at radius 2 is 1.80 bits per heavy atom. The third kappa shape index (κ3) is 7.58. The van der Waals surface area contributed by atoms with Crippen molar-refractivity contribution in [1.29, 1.82) is 0 Å². The fourth-order valence-corrected chi connectivity index (χ4v) is 1.68. The van der Waals surface area contributed by atoms with E-state index in [1.807, 2.05) is 32.2 Å². The van der Waals surface area contributed by atoms with Crippen LogP contribution >= 0.6 is 24.8 Å². The lowest BCUT2D eigenvalue weighted by atomic mass is 10.2. The number of nitrogens with one attached hydrogen (secondary N) is 1. The van der Waals surface area contributed by atoms with E-state index in [9.17, 15) is 4.79 Å². The molecular formula is C14H25Cl2N3O. The van der Waals surface area contributed by atoms with Crippen molar-refractivity contribution in [3.63, 3.8) is 0 Å². The summed E-state index contributed by atoms with van der Waals surface area (Å²) in [5.74, 6) is 0.0123. The molecule has 1 aromatic carbocycles. The summed E-state index contributed by atoms with van der Waals surface area (Å²) in [6, 6.07) is 10.3. The molecule has 1 aromatic rings. The molecule has 0 saturated carbocycles. The van der Waals surface area contributed by atoms with Crippen LogP contribution in [0, 0.1) is 0 Å². The zero-order chi connectivity index (χ0) is 13.5. The van der Waals surface area contributed by atoms with Crippen LogP contribution in [0.15, 0.2) is 30.3 Å². The molecule has 116 valence electrons. The van der Waals surface area contributed by atoms with Crippen LogP contribution in [0.25, 0.3) is 0 Å². The first-order chi connectivity index (χ1) is 8.50. The van der Waals surface area contributed by atoms with E-state index in [2.05, 4.69) is 29.3 Å². The van der Waals surface area contributed by atoms with E-state index in [1.54, 1.807) is 0 Å². The second-order valence-electron chi connectivity index (χ2n) is 4.78. The quantitative estimate of drug-likeness (QED) is 0.844. The first-order valence-electron chi connectivity index (χ1n) is 6.31. The molecule has 2 atom stereocenters. The fourth-order valence-electron chi connectivity index (χ4n) is 1.68. The number of anilines is 1. The highest BCUT2D eigenvalue weighted by molar-refractivity contribution is 5.85. The molecule has 1 amide bonds. The summed E-state index contributed by atoms with van der Waals surface area (Å²) in [6.07, 6.45) is 0.377. The van der Waals surface area contributed by atoms with Gasteiger partial charge in [-0.2, -0.15) is 0 Å². The Morgan fingerprint density at radius 3 is 2.30 bits per heavy atom. The van der Waals surface area contributed by atoms with Gasteiger partial charge in [-0.3, -0.25) is 4.79 Å². The molecule has 0 aromatic heterocycles. The van der Waals surface area contributed by atoms with Crippen LogP contribution in [0.4, 0.5) is 5.69 Å². The number of carbonyl (C=O) groups is 1. The van der Waals surface area contributed by atoms with E-state index in [-0.39, 0.29) is 42.8 Å². The Labute approximate surface area is 133 Å². The minimum absolute atomic E-state index is 0. The number of nitrogens with zero attached hydrogens (tertiary/aromatic N) is 1. The summed E-state index contributed by atoms with van der Waals surface area (Å²) in [6.45, 7) is 4.54. The summed E-state index contributed by atoms with van der Waals surface area (Å²) in [5, 5.41) is 2.90.